The zero-order chi connectivity index (χ0) is 34.4. The molecule has 0 saturated heterocycles. The van der Waals surface area contributed by atoms with Gasteiger partial charge in [-0.15, -0.1) is 0 Å². The number of benzene rings is 8. The van der Waals surface area contributed by atoms with E-state index in [-0.39, 0.29) is 5.41 Å². The van der Waals surface area contributed by atoms with E-state index >= 15 is 0 Å². The van der Waals surface area contributed by atoms with Crippen LogP contribution in [0.2, 0.25) is 0 Å². The maximum Gasteiger partial charge on any atom is 0.0502 e. The molecule has 0 atom stereocenters. The van der Waals surface area contributed by atoms with Crippen molar-refractivity contribution in [1.82, 2.24) is 0 Å². The Balaban J connectivity index is 1.10. The van der Waals surface area contributed by atoms with E-state index in [0.29, 0.717) is 0 Å². The van der Waals surface area contributed by atoms with Crippen molar-refractivity contribution in [3.63, 3.8) is 0 Å². The Hall–Kier alpha value is -6.38. The summed E-state index contributed by atoms with van der Waals surface area (Å²) in [5.74, 6) is 0. The second kappa shape index (κ2) is 12.5. The van der Waals surface area contributed by atoms with Crippen LogP contribution in [-0.2, 0) is 5.41 Å². The van der Waals surface area contributed by atoms with Crippen LogP contribution in [0.4, 0.5) is 34.1 Å². The Kier molecular flexibility index (Phi) is 7.51. The molecule has 1 aliphatic rings. The van der Waals surface area contributed by atoms with E-state index in [1.807, 2.05) is 0 Å². The molecule has 0 saturated carbocycles. The predicted octanol–water partition coefficient (Wildman–Crippen LogP) is 13.8. The Morgan fingerprint density at radius 1 is 0.373 bits per heavy atom. The molecule has 0 spiro atoms. The molecule has 1 heterocycles. The highest BCUT2D eigenvalue weighted by molar-refractivity contribution is 5.90. The van der Waals surface area contributed by atoms with Crippen LogP contribution in [0.15, 0.2) is 194 Å². The molecule has 244 valence electrons. The van der Waals surface area contributed by atoms with Crippen molar-refractivity contribution in [1.29, 1.82) is 0 Å². The van der Waals surface area contributed by atoms with E-state index in [4.69, 9.17) is 0 Å². The quantitative estimate of drug-likeness (QED) is 0.176. The lowest BCUT2D eigenvalue weighted by Gasteiger charge is -2.42. The average molecular weight is 655 g/mol. The average Bonchev–Trinajstić information content (AvgIpc) is 3.19. The number of nitrogens with zero attached hydrogens (tertiary/aromatic N) is 2. The van der Waals surface area contributed by atoms with E-state index in [0.717, 1.165) is 22.7 Å². The molecule has 0 fully saturated rings. The zero-order valence-electron chi connectivity index (χ0n) is 28.9. The Morgan fingerprint density at radius 2 is 0.863 bits per heavy atom. The van der Waals surface area contributed by atoms with Gasteiger partial charge in [-0.25, -0.2) is 0 Å². The summed E-state index contributed by atoms with van der Waals surface area (Å²) < 4.78 is 0. The number of para-hydroxylation sites is 2. The summed E-state index contributed by atoms with van der Waals surface area (Å²) in [6.07, 6.45) is 0. The van der Waals surface area contributed by atoms with Crippen LogP contribution in [-0.4, -0.2) is 0 Å². The van der Waals surface area contributed by atoms with Gasteiger partial charge in [-0.05, 0) is 105 Å². The van der Waals surface area contributed by atoms with Gasteiger partial charge < -0.3 is 9.80 Å². The standard InChI is InChI=1S/C49H38N2/c1-49(2)45-19-8-10-21-47(45)51(48-22-11-9-20-46(48)49)43-18-12-17-40(33-43)38-25-30-42(31-26-38)50(44-32-27-36-15-6-7-16-39(36)34-44)41-28-23-37(24-29-41)35-13-4-3-5-14-35/h3-34H,1-2H3. The van der Waals surface area contributed by atoms with Crippen molar-refractivity contribution >= 4 is 44.9 Å². The van der Waals surface area contributed by atoms with Crippen LogP contribution in [0.5, 0.6) is 0 Å². The fourth-order valence-electron chi connectivity index (χ4n) is 7.77. The second-order valence-corrected chi connectivity index (χ2v) is 13.9. The normalized spacial score (nSPS) is 13.0. The van der Waals surface area contributed by atoms with E-state index < -0.39 is 0 Å². The van der Waals surface area contributed by atoms with Crippen molar-refractivity contribution in [2.45, 2.75) is 19.3 Å². The van der Waals surface area contributed by atoms with Gasteiger partial charge in [0.15, 0.2) is 0 Å². The van der Waals surface area contributed by atoms with E-state index in [1.54, 1.807) is 0 Å². The highest BCUT2D eigenvalue weighted by Crippen LogP contribution is 2.52. The topological polar surface area (TPSA) is 6.48 Å². The minimum atomic E-state index is -0.0874. The molecule has 0 aliphatic carbocycles. The van der Waals surface area contributed by atoms with Crippen LogP contribution in [0, 0.1) is 0 Å². The molecule has 9 rings (SSSR count). The minimum Gasteiger partial charge on any atom is -0.310 e. The predicted molar refractivity (Wildman–Crippen MR) is 216 cm³/mol. The highest BCUT2D eigenvalue weighted by atomic mass is 15.2. The molecule has 51 heavy (non-hydrogen) atoms. The maximum absolute atomic E-state index is 2.42. The third-order valence-corrected chi connectivity index (χ3v) is 10.4. The highest BCUT2D eigenvalue weighted by Gasteiger charge is 2.36. The Bertz CT molecular complexity index is 2450. The second-order valence-electron chi connectivity index (χ2n) is 13.9. The van der Waals surface area contributed by atoms with Gasteiger partial charge in [0, 0.05) is 28.2 Å². The van der Waals surface area contributed by atoms with Gasteiger partial charge in [0.1, 0.15) is 0 Å². The van der Waals surface area contributed by atoms with E-state index in [9.17, 15) is 0 Å². The fourth-order valence-corrected chi connectivity index (χ4v) is 7.77. The SMILES string of the molecule is CC1(C)c2ccccc2N(c2cccc(-c3ccc(N(c4ccc(-c5ccccc5)cc4)c4ccc5ccccc5c4)cc3)c2)c2ccccc21. The van der Waals surface area contributed by atoms with Crippen LogP contribution < -0.4 is 9.80 Å². The molecule has 1 aliphatic heterocycles. The van der Waals surface area contributed by atoms with Crippen LogP contribution in [0.25, 0.3) is 33.0 Å². The molecular formula is C49H38N2. The van der Waals surface area contributed by atoms with Crippen molar-refractivity contribution < 1.29 is 0 Å². The molecule has 2 heteroatoms. The number of hydrogen-bond acceptors (Lipinski definition) is 2. The van der Waals surface area contributed by atoms with Crippen molar-refractivity contribution in [2.24, 2.45) is 0 Å². The van der Waals surface area contributed by atoms with Crippen molar-refractivity contribution in [3.8, 4) is 22.3 Å². The smallest absolute Gasteiger partial charge is 0.0502 e. The lowest BCUT2D eigenvalue weighted by Crippen LogP contribution is -2.30. The third kappa shape index (κ3) is 5.46. The van der Waals surface area contributed by atoms with Gasteiger partial charge in [-0.2, -0.15) is 0 Å². The van der Waals surface area contributed by atoms with Gasteiger partial charge in [-0.3, -0.25) is 0 Å². The number of anilines is 6. The molecule has 0 bridgehead atoms. The summed E-state index contributed by atoms with van der Waals surface area (Å²) >= 11 is 0. The third-order valence-electron chi connectivity index (χ3n) is 10.4. The first kappa shape index (κ1) is 30.7. The number of rotatable bonds is 6. The molecule has 8 aromatic rings. The Morgan fingerprint density at radius 3 is 1.51 bits per heavy atom. The van der Waals surface area contributed by atoms with E-state index in [1.165, 1.54) is 55.5 Å². The summed E-state index contributed by atoms with van der Waals surface area (Å²) in [7, 11) is 0. The largest absolute Gasteiger partial charge is 0.310 e. The molecule has 2 nitrogen and oxygen atoms in total. The summed E-state index contributed by atoms with van der Waals surface area (Å²) in [6.45, 7) is 4.66. The minimum absolute atomic E-state index is 0.0874. The zero-order valence-corrected chi connectivity index (χ0v) is 28.9. The van der Waals surface area contributed by atoms with Crippen LogP contribution in [0.1, 0.15) is 25.0 Å². The van der Waals surface area contributed by atoms with E-state index in [2.05, 4.69) is 218 Å². The van der Waals surface area contributed by atoms with Gasteiger partial charge in [-0.1, -0.05) is 147 Å². The molecular weight excluding hydrogens is 617 g/mol. The first-order valence-corrected chi connectivity index (χ1v) is 17.7. The van der Waals surface area contributed by atoms with Crippen molar-refractivity contribution in [3.05, 3.63) is 205 Å². The molecule has 0 unspecified atom stereocenters. The van der Waals surface area contributed by atoms with Gasteiger partial charge in [0.05, 0.1) is 11.4 Å². The monoisotopic (exact) mass is 654 g/mol. The van der Waals surface area contributed by atoms with Gasteiger partial charge in [0.25, 0.3) is 0 Å². The maximum atomic E-state index is 2.42. The van der Waals surface area contributed by atoms with Crippen LogP contribution >= 0.6 is 0 Å². The first-order valence-electron chi connectivity index (χ1n) is 17.7. The molecule has 0 N–H and O–H groups in total. The number of hydrogen-bond donors (Lipinski definition) is 0. The van der Waals surface area contributed by atoms with Gasteiger partial charge >= 0.3 is 0 Å². The van der Waals surface area contributed by atoms with Gasteiger partial charge in [0.2, 0.25) is 0 Å². The number of fused-ring (bicyclic) bond motifs is 3. The fraction of sp³-hybridized carbons (Fsp3) is 0.0612. The summed E-state index contributed by atoms with van der Waals surface area (Å²) in [4.78, 5) is 4.78. The summed E-state index contributed by atoms with van der Waals surface area (Å²) in [6, 6.07) is 70.3. The van der Waals surface area contributed by atoms with Crippen LogP contribution in [0.3, 0.4) is 0 Å². The lowest BCUT2D eigenvalue weighted by molar-refractivity contribution is 0.632. The Labute approximate surface area is 300 Å². The molecule has 8 aromatic carbocycles. The van der Waals surface area contributed by atoms with Crippen molar-refractivity contribution in [2.75, 3.05) is 9.80 Å². The summed E-state index contributed by atoms with van der Waals surface area (Å²) in [5.41, 5.74) is 14.3. The summed E-state index contributed by atoms with van der Waals surface area (Å²) in [5, 5.41) is 2.46. The molecule has 0 amide bonds. The first-order chi connectivity index (χ1) is 25.0. The molecule has 0 radical (unpaired) electrons. The molecule has 0 aromatic heterocycles. The lowest BCUT2D eigenvalue weighted by atomic mass is 9.73.